The van der Waals surface area contributed by atoms with Crippen LogP contribution in [-0.4, -0.2) is 0 Å². The molecule has 0 radical (unpaired) electrons. The first kappa shape index (κ1) is 28.3. The average molecular weight is 418 g/mol. The first-order valence-corrected chi connectivity index (χ1v) is 11.1. The number of dihydropyridines is 1. The van der Waals surface area contributed by atoms with Gasteiger partial charge in [0.05, 0.1) is 0 Å². The largest absolute Gasteiger partial charge is 0.358 e. The van der Waals surface area contributed by atoms with Gasteiger partial charge < -0.3 is 5.32 Å². The lowest BCUT2D eigenvalue weighted by Gasteiger charge is -2.35. The van der Waals surface area contributed by atoms with Crippen molar-refractivity contribution in [2.45, 2.75) is 81.6 Å². The summed E-state index contributed by atoms with van der Waals surface area (Å²) >= 11 is 0. The molecule has 0 fully saturated rings. The summed E-state index contributed by atoms with van der Waals surface area (Å²) in [5.74, 6) is 2.42. The molecule has 1 aromatic rings. The van der Waals surface area contributed by atoms with Gasteiger partial charge in [0.1, 0.15) is 0 Å². The Morgan fingerprint density at radius 1 is 1.06 bits per heavy atom. The predicted octanol–water partition coefficient (Wildman–Crippen LogP) is 8.69. The Morgan fingerprint density at radius 3 is 1.94 bits per heavy atom. The van der Waals surface area contributed by atoms with Crippen LogP contribution in [-0.2, 0) is 0 Å². The maximum atomic E-state index is 4.60. The fourth-order valence-corrected chi connectivity index (χ4v) is 3.77. The molecule has 0 bridgehead atoms. The van der Waals surface area contributed by atoms with Gasteiger partial charge in [-0.1, -0.05) is 74.4 Å². The molecule has 1 N–H and O–H groups in total. The van der Waals surface area contributed by atoms with Crippen molar-refractivity contribution in [2.75, 3.05) is 0 Å². The van der Waals surface area contributed by atoms with Gasteiger partial charge in [0.25, 0.3) is 0 Å². The summed E-state index contributed by atoms with van der Waals surface area (Å²) in [4.78, 5) is 0. The molecular formula is C30H43N. The van der Waals surface area contributed by atoms with Gasteiger partial charge >= 0.3 is 0 Å². The van der Waals surface area contributed by atoms with E-state index in [0.717, 1.165) is 11.1 Å². The molecular weight excluding hydrogens is 374 g/mol. The normalized spacial score (nSPS) is 15.6. The van der Waals surface area contributed by atoms with Crippen LogP contribution in [0.4, 0.5) is 0 Å². The van der Waals surface area contributed by atoms with E-state index in [1.54, 1.807) is 6.92 Å². The second-order valence-corrected chi connectivity index (χ2v) is 8.27. The van der Waals surface area contributed by atoms with Crippen LogP contribution in [0.25, 0.3) is 0 Å². The van der Waals surface area contributed by atoms with Crippen molar-refractivity contribution in [1.82, 2.24) is 5.32 Å². The lowest BCUT2D eigenvalue weighted by Crippen LogP contribution is -2.27. The third kappa shape index (κ3) is 7.48. The van der Waals surface area contributed by atoms with Crippen LogP contribution in [0.3, 0.4) is 0 Å². The van der Waals surface area contributed by atoms with Crippen LogP contribution in [0.5, 0.6) is 0 Å². The van der Waals surface area contributed by atoms with E-state index in [-0.39, 0.29) is 5.92 Å². The molecule has 1 atom stereocenters. The van der Waals surface area contributed by atoms with Gasteiger partial charge in [-0.15, -0.1) is 12.3 Å². The Bertz CT molecular complexity index is 926. The average Bonchev–Trinajstić information content (AvgIpc) is 2.67. The number of terminal acetylenes is 1. The molecule has 1 heterocycles. The highest BCUT2D eigenvalue weighted by Gasteiger charge is 2.32. The van der Waals surface area contributed by atoms with Crippen molar-refractivity contribution in [3.8, 4) is 12.3 Å². The Hall–Kier alpha value is -2.72. The summed E-state index contributed by atoms with van der Waals surface area (Å²) in [6, 6.07) is 6.73. The number of allylic oxidation sites excluding steroid dienone is 7. The van der Waals surface area contributed by atoms with E-state index >= 15 is 0 Å². The first-order valence-electron chi connectivity index (χ1n) is 11.1. The highest BCUT2D eigenvalue weighted by molar-refractivity contribution is 5.61. The summed E-state index contributed by atoms with van der Waals surface area (Å²) in [5.41, 5.74) is 12.3. The van der Waals surface area contributed by atoms with Crippen molar-refractivity contribution >= 4 is 0 Å². The van der Waals surface area contributed by atoms with Crippen molar-refractivity contribution in [3.05, 3.63) is 93.4 Å². The van der Waals surface area contributed by atoms with E-state index in [4.69, 9.17) is 0 Å². The third-order valence-corrected chi connectivity index (χ3v) is 5.05. The Morgan fingerprint density at radius 2 is 1.55 bits per heavy atom. The van der Waals surface area contributed by atoms with Gasteiger partial charge in [-0.25, -0.2) is 0 Å². The molecule has 1 nitrogen and oxygen atoms in total. The summed E-state index contributed by atoms with van der Waals surface area (Å²) in [6.45, 7) is 29.4. The van der Waals surface area contributed by atoms with Crippen molar-refractivity contribution in [1.29, 1.82) is 0 Å². The van der Waals surface area contributed by atoms with Gasteiger partial charge in [-0.05, 0) is 83.2 Å². The quantitative estimate of drug-likeness (QED) is 0.483. The van der Waals surface area contributed by atoms with E-state index in [1.807, 2.05) is 0 Å². The molecule has 168 valence electrons. The summed E-state index contributed by atoms with van der Waals surface area (Å²) < 4.78 is 0. The topological polar surface area (TPSA) is 12.0 Å². The van der Waals surface area contributed by atoms with E-state index in [0.29, 0.717) is 0 Å². The summed E-state index contributed by atoms with van der Waals surface area (Å²) in [7, 11) is 0. The van der Waals surface area contributed by atoms with E-state index < -0.39 is 0 Å². The van der Waals surface area contributed by atoms with E-state index in [1.165, 1.54) is 51.2 Å². The predicted molar refractivity (Wildman–Crippen MR) is 141 cm³/mol. The molecule has 1 aliphatic heterocycles. The zero-order valence-corrected chi connectivity index (χ0v) is 21.6. The van der Waals surface area contributed by atoms with E-state index in [9.17, 15) is 0 Å². The molecule has 0 spiro atoms. The molecule has 0 saturated carbocycles. The summed E-state index contributed by atoms with van der Waals surface area (Å²) in [5, 5.41) is 3.63. The number of aryl methyl sites for hydroxylation is 2. The molecule has 0 saturated heterocycles. The number of benzene rings is 1. The smallest absolute Gasteiger partial charge is 0.0452 e. The fourth-order valence-electron chi connectivity index (χ4n) is 3.77. The number of nitrogens with one attached hydrogen (secondary N) is 1. The van der Waals surface area contributed by atoms with Crippen LogP contribution >= 0.6 is 0 Å². The molecule has 1 aliphatic rings. The molecule has 1 unspecified atom stereocenters. The highest BCUT2D eigenvalue weighted by atomic mass is 14.9. The van der Waals surface area contributed by atoms with Gasteiger partial charge in [-0.2, -0.15) is 0 Å². The van der Waals surface area contributed by atoms with Crippen LogP contribution in [0, 0.1) is 26.2 Å². The number of hydrogen-bond acceptors (Lipinski definition) is 1. The minimum Gasteiger partial charge on any atom is -0.358 e. The lowest BCUT2D eigenvalue weighted by molar-refractivity contribution is 0.788. The Labute approximate surface area is 192 Å². The SMILES string of the molecule is C#CC.C=C(C)C1=C(C)NC(/C(C)=C\C)=C(C(=C)C)C1c1ccc(C)cc1C.CCC. The van der Waals surface area contributed by atoms with Crippen molar-refractivity contribution in [2.24, 2.45) is 0 Å². The van der Waals surface area contributed by atoms with Crippen LogP contribution in [0.2, 0.25) is 0 Å². The molecule has 0 aromatic heterocycles. The standard InChI is InChI=1S/C24H31N.C3H8.C3H4/c1-10-17(7)24-22(15(4)5)23(21(14(2)3)19(9)25-24)20-12-11-16(6)13-18(20)8;2*1-3-2/h10-13,23,25H,2,4H2,1,3,5-9H3;3H2,1-2H3;1H,2H3/b17-10-;;. The third-order valence-electron chi connectivity index (χ3n) is 5.05. The molecule has 1 aromatic carbocycles. The molecule has 0 aliphatic carbocycles. The molecule has 31 heavy (non-hydrogen) atoms. The maximum Gasteiger partial charge on any atom is 0.0452 e. The zero-order valence-electron chi connectivity index (χ0n) is 21.6. The summed E-state index contributed by atoms with van der Waals surface area (Å²) in [6.07, 6.45) is 8.00. The second-order valence-electron chi connectivity index (χ2n) is 8.27. The zero-order chi connectivity index (χ0) is 24.3. The Balaban J connectivity index is 0.00000134. The first-order chi connectivity index (χ1) is 14.5. The molecule has 2 rings (SSSR count). The monoisotopic (exact) mass is 417 g/mol. The van der Waals surface area contributed by atoms with Crippen LogP contribution in [0.1, 0.15) is 84.4 Å². The van der Waals surface area contributed by atoms with Crippen molar-refractivity contribution in [3.63, 3.8) is 0 Å². The Kier molecular flexibility index (Phi) is 12.4. The molecule has 0 amide bonds. The van der Waals surface area contributed by atoms with Gasteiger partial charge in [0.15, 0.2) is 0 Å². The van der Waals surface area contributed by atoms with Gasteiger partial charge in [0, 0.05) is 17.3 Å². The molecule has 1 heteroatoms. The lowest BCUT2D eigenvalue weighted by atomic mass is 9.74. The minimum atomic E-state index is 0.168. The minimum absolute atomic E-state index is 0.168. The maximum absolute atomic E-state index is 4.60. The fraction of sp³-hybridized carbons (Fsp3) is 0.400. The highest BCUT2D eigenvalue weighted by Crippen LogP contribution is 2.45. The second kappa shape index (κ2) is 13.6. The van der Waals surface area contributed by atoms with Crippen LogP contribution in [0.15, 0.2) is 76.7 Å². The van der Waals surface area contributed by atoms with E-state index in [2.05, 4.69) is 117 Å². The van der Waals surface area contributed by atoms with Gasteiger partial charge in [-0.3, -0.25) is 0 Å². The van der Waals surface area contributed by atoms with Crippen LogP contribution < -0.4 is 5.32 Å². The van der Waals surface area contributed by atoms with Gasteiger partial charge in [0.2, 0.25) is 0 Å². The number of rotatable bonds is 4. The van der Waals surface area contributed by atoms with Crippen molar-refractivity contribution < 1.29 is 0 Å². The number of hydrogen-bond donors (Lipinski definition) is 1.